The van der Waals surface area contributed by atoms with E-state index in [4.69, 9.17) is 4.74 Å². The third-order valence-corrected chi connectivity index (χ3v) is 5.44. The van der Waals surface area contributed by atoms with Gasteiger partial charge in [0, 0.05) is 5.69 Å². The normalized spacial score (nSPS) is 16.4. The number of anilines is 1. The molecule has 3 rings (SSSR count). The van der Waals surface area contributed by atoms with E-state index < -0.39 is 0 Å². The van der Waals surface area contributed by atoms with Crippen LogP contribution in [0.3, 0.4) is 0 Å². The SMILES string of the molecule is COc1ccc(NC(=O)C(C)Sc2nnnn2C2CCCCC2)cc1. The summed E-state index contributed by atoms with van der Waals surface area (Å²) in [5.74, 6) is 0.681. The number of rotatable bonds is 6. The van der Waals surface area contributed by atoms with Gasteiger partial charge >= 0.3 is 0 Å². The summed E-state index contributed by atoms with van der Waals surface area (Å²) >= 11 is 1.40. The van der Waals surface area contributed by atoms with Crippen molar-refractivity contribution in [1.82, 2.24) is 20.2 Å². The minimum absolute atomic E-state index is 0.0756. The predicted molar refractivity (Wildman–Crippen MR) is 96.9 cm³/mol. The molecule has 0 spiro atoms. The van der Waals surface area contributed by atoms with E-state index in [-0.39, 0.29) is 11.2 Å². The minimum Gasteiger partial charge on any atom is -0.497 e. The largest absolute Gasteiger partial charge is 0.497 e. The van der Waals surface area contributed by atoms with Crippen molar-refractivity contribution in [3.8, 4) is 5.75 Å². The first kappa shape index (κ1) is 17.7. The molecule has 1 aromatic carbocycles. The maximum absolute atomic E-state index is 12.4. The molecule has 8 heteroatoms. The molecule has 0 bridgehead atoms. The zero-order valence-electron chi connectivity index (χ0n) is 14.5. The van der Waals surface area contributed by atoms with Gasteiger partial charge in [0.2, 0.25) is 11.1 Å². The average molecular weight is 361 g/mol. The van der Waals surface area contributed by atoms with Gasteiger partial charge in [0.25, 0.3) is 0 Å². The summed E-state index contributed by atoms with van der Waals surface area (Å²) < 4.78 is 7.01. The maximum Gasteiger partial charge on any atom is 0.237 e. The van der Waals surface area contributed by atoms with Gasteiger partial charge in [-0.2, -0.15) is 0 Å². The van der Waals surface area contributed by atoms with E-state index in [1.807, 2.05) is 35.9 Å². The van der Waals surface area contributed by atoms with Crippen molar-refractivity contribution in [2.45, 2.75) is 55.5 Å². The number of thioether (sulfide) groups is 1. The second-order valence-corrected chi connectivity index (χ2v) is 7.48. The van der Waals surface area contributed by atoms with Crippen LogP contribution in [0.25, 0.3) is 0 Å². The molecule has 1 unspecified atom stereocenters. The summed E-state index contributed by atoms with van der Waals surface area (Å²) in [6.07, 6.45) is 5.90. The first-order valence-corrected chi connectivity index (χ1v) is 9.45. The van der Waals surface area contributed by atoms with E-state index in [1.165, 1.54) is 31.0 Å². The number of tetrazole rings is 1. The second kappa shape index (κ2) is 8.33. The van der Waals surface area contributed by atoms with Crippen LogP contribution in [-0.2, 0) is 4.79 Å². The lowest BCUT2D eigenvalue weighted by Crippen LogP contribution is -2.23. The third kappa shape index (κ3) is 4.50. The highest BCUT2D eigenvalue weighted by atomic mass is 32.2. The fourth-order valence-corrected chi connectivity index (χ4v) is 3.81. The summed E-state index contributed by atoms with van der Waals surface area (Å²) in [6.45, 7) is 1.86. The first-order chi connectivity index (χ1) is 12.2. The fraction of sp³-hybridized carbons (Fsp3) is 0.529. The Bertz CT molecular complexity index is 697. The number of amides is 1. The van der Waals surface area contributed by atoms with Gasteiger partial charge in [-0.3, -0.25) is 4.79 Å². The van der Waals surface area contributed by atoms with Gasteiger partial charge in [-0.05, 0) is 54.5 Å². The number of ether oxygens (including phenoxy) is 1. The van der Waals surface area contributed by atoms with E-state index in [1.54, 1.807) is 7.11 Å². The van der Waals surface area contributed by atoms with E-state index in [0.717, 1.165) is 24.3 Å². The highest BCUT2D eigenvalue weighted by Gasteiger charge is 2.23. The van der Waals surface area contributed by atoms with Gasteiger partial charge in [0.1, 0.15) is 5.75 Å². The van der Waals surface area contributed by atoms with Crippen molar-refractivity contribution in [2.24, 2.45) is 0 Å². The highest BCUT2D eigenvalue weighted by molar-refractivity contribution is 8.00. The zero-order chi connectivity index (χ0) is 17.6. The van der Waals surface area contributed by atoms with E-state index in [2.05, 4.69) is 20.8 Å². The quantitative estimate of drug-likeness (QED) is 0.795. The molecule has 0 radical (unpaired) electrons. The summed E-state index contributed by atoms with van der Waals surface area (Å²) in [7, 11) is 1.61. The van der Waals surface area contributed by atoms with E-state index in [0.29, 0.717) is 11.2 Å². The zero-order valence-corrected chi connectivity index (χ0v) is 15.3. The van der Waals surface area contributed by atoms with Gasteiger partial charge < -0.3 is 10.1 Å². The number of aromatic nitrogens is 4. The molecule has 1 saturated carbocycles. The van der Waals surface area contributed by atoms with Crippen LogP contribution in [0.5, 0.6) is 5.75 Å². The number of carbonyl (C=O) groups excluding carboxylic acids is 1. The monoisotopic (exact) mass is 361 g/mol. The van der Waals surface area contributed by atoms with E-state index in [9.17, 15) is 4.79 Å². The number of benzene rings is 1. The van der Waals surface area contributed by atoms with Crippen LogP contribution in [0.1, 0.15) is 45.1 Å². The van der Waals surface area contributed by atoms with Crippen molar-refractivity contribution in [2.75, 3.05) is 12.4 Å². The molecule has 1 heterocycles. The standard InChI is InChI=1S/C17H23N5O2S/c1-12(16(23)18-13-8-10-15(24-2)11-9-13)25-17-19-20-21-22(17)14-6-4-3-5-7-14/h8-12,14H,3-7H2,1-2H3,(H,18,23). The topological polar surface area (TPSA) is 81.9 Å². The molecule has 1 amide bonds. The molecule has 7 nitrogen and oxygen atoms in total. The van der Waals surface area contributed by atoms with Gasteiger partial charge in [0.05, 0.1) is 18.4 Å². The Balaban J connectivity index is 1.60. The van der Waals surface area contributed by atoms with Crippen LogP contribution >= 0.6 is 11.8 Å². The molecule has 1 aliphatic carbocycles. The fourth-order valence-electron chi connectivity index (χ4n) is 2.95. The smallest absolute Gasteiger partial charge is 0.237 e. The summed E-state index contributed by atoms with van der Waals surface area (Å²) in [4.78, 5) is 12.4. The number of hydrogen-bond acceptors (Lipinski definition) is 6. The molecule has 1 fully saturated rings. The van der Waals surface area contributed by atoms with Crippen LogP contribution in [-0.4, -0.2) is 38.5 Å². The maximum atomic E-state index is 12.4. The summed E-state index contributed by atoms with van der Waals surface area (Å²) in [5, 5.41) is 15.4. The molecule has 0 aliphatic heterocycles. The highest BCUT2D eigenvalue weighted by Crippen LogP contribution is 2.31. The van der Waals surface area contributed by atoms with Crippen molar-refractivity contribution < 1.29 is 9.53 Å². The third-order valence-electron chi connectivity index (χ3n) is 4.39. The molecule has 25 heavy (non-hydrogen) atoms. The number of methoxy groups -OCH3 is 1. The Labute approximate surface area is 151 Å². The van der Waals surface area contributed by atoms with Gasteiger partial charge in [-0.15, -0.1) is 5.10 Å². The summed E-state index contributed by atoms with van der Waals surface area (Å²) in [6, 6.07) is 7.62. The molecule has 1 atom stereocenters. The summed E-state index contributed by atoms with van der Waals surface area (Å²) in [5.41, 5.74) is 0.741. The van der Waals surface area contributed by atoms with Crippen LogP contribution in [0.15, 0.2) is 29.4 Å². The molecular formula is C17H23N5O2S. The van der Waals surface area contributed by atoms with E-state index >= 15 is 0 Å². The van der Waals surface area contributed by atoms with Crippen molar-refractivity contribution in [3.63, 3.8) is 0 Å². The number of nitrogens with zero attached hydrogens (tertiary/aromatic N) is 4. The van der Waals surface area contributed by atoms with Crippen molar-refractivity contribution in [3.05, 3.63) is 24.3 Å². The second-order valence-electron chi connectivity index (χ2n) is 6.18. The molecule has 0 saturated heterocycles. The Kier molecular flexibility index (Phi) is 5.91. The lowest BCUT2D eigenvalue weighted by Gasteiger charge is -2.22. The van der Waals surface area contributed by atoms with Gasteiger partial charge in [-0.25, -0.2) is 4.68 Å². The molecule has 1 N–H and O–H groups in total. The first-order valence-electron chi connectivity index (χ1n) is 8.57. The lowest BCUT2D eigenvalue weighted by molar-refractivity contribution is -0.115. The van der Waals surface area contributed by atoms with Crippen molar-refractivity contribution >= 4 is 23.4 Å². The molecular weight excluding hydrogens is 338 g/mol. The minimum atomic E-state index is -0.296. The van der Waals surface area contributed by atoms with Crippen LogP contribution in [0, 0.1) is 0 Å². The van der Waals surface area contributed by atoms with Crippen LogP contribution < -0.4 is 10.1 Å². The lowest BCUT2D eigenvalue weighted by atomic mass is 9.96. The number of hydrogen-bond donors (Lipinski definition) is 1. The molecule has 2 aromatic rings. The Morgan fingerprint density at radius 2 is 2.00 bits per heavy atom. The predicted octanol–water partition coefficient (Wildman–Crippen LogP) is 3.31. The Morgan fingerprint density at radius 1 is 1.28 bits per heavy atom. The van der Waals surface area contributed by atoms with Gasteiger partial charge in [-0.1, -0.05) is 31.0 Å². The average Bonchev–Trinajstić information content (AvgIpc) is 3.11. The van der Waals surface area contributed by atoms with Crippen LogP contribution in [0.2, 0.25) is 0 Å². The molecule has 1 aromatic heterocycles. The Hall–Kier alpha value is -2.09. The molecule has 1 aliphatic rings. The van der Waals surface area contributed by atoms with Crippen LogP contribution in [0.4, 0.5) is 5.69 Å². The van der Waals surface area contributed by atoms with Gasteiger partial charge in [0.15, 0.2) is 0 Å². The Morgan fingerprint density at radius 3 is 2.68 bits per heavy atom. The number of nitrogens with one attached hydrogen (secondary N) is 1. The number of carbonyl (C=O) groups is 1. The van der Waals surface area contributed by atoms with Crippen molar-refractivity contribution in [1.29, 1.82) is 0 Å². The molecule has 134 valence electrons.